The molecular weight excluding hydrogens is 237 g/mol. The molecule has 0 spiro atoms. The third kappa shape index (κ3) is 2.23. The number of ether oxygens (including phenoxy) is 1. The summed E-state index contributed by atoms with van der Waals surface area (Å²) < 4.78 is 18.3. The average molecular weight is 249 g/mol. The predicted molar refractivity (Wildman–Crippen MR) is 64.3 cm³/mol. The van der Waals surface area contributed by atoms with Crippen LogP contribution < -0.4 is 10.5 Å². The Morgan fingerprint density at radius 2 is 2.22 bits per heavy atom. The third-order valence-electron chi connectivity index (χ3n) is 2.47. The molecule has 18 heavy (non-hydrogen) atoms. The van der Waals surface area contributed by atoms with E-state index in [9.17, 15) is 4.39 Å². The fourth-order valence-corrected chi connectivity index (χ4v) is 1.53. The van der Waals surface area contributed by atoms with E-state index >= 15 is 0 Å². The maximum absolute atomic E-state index is 13.2. The summed E-state index contributed by atoms with van der Waals surface area (Å²) in [5.41, 5.74) is 6.49. The summed E-state index contributed by atoms with van der Waals surface area (Å²) in [5, 5.41) is 8.98. The van der Waals surface area contributed by atoms with E-state index in [2.05, 4.69) is 9.97 Å². The van der Waals surface area contributed by atoms with Crippen molar-refractivity contribution in [3.05, 3.63) is 35.8 Å². The number of rotatable bonds is 3. The van der Waals surface area contributed by atoms with E-state index in [4.69, 9.17) is 15.6 Å². The summed E-state index contributed by atoms with van der Waals surface area (Å²) in [6, 6.07) is 4.05. The standard InChI is InChI=1S/C12H12FN3O2/c1-18-10-3-2-8(13)4-9(10)12-15-5-7(6-17)11(14)16-12/h2-5,17H,6H2,1H3,(H2,14,15,16). The van der Waals surface area contributed by atoms with E-state index in [1.807, 2.05) is 0 Å². The predicted octanol–water partition coefficient (Wildman–Crippen LogP) is 1.37. The number of aromatic nitrogens is 2. The Morgan fingerprint density at radius 1 is 1.44 bits per heavy atom. The highest BCUT2D eigenvalue weighted by Crippen LogP contribution is 2.28. The van der Waals surface area contributed by atoms with Crippen LogP contribution in [0.3, 0.4) is 0 Å². The highest BCUT2D eigenvalue weighted by atomic mass is 19.1. The zero-order valence-electron chi connectivity index (χ0n) is 9.72. The number of nitrogens with two attached hydrogens (primary N) is 1. The monoisotopic (exact) mass is 249 g/mol. The lowest BCUT2D eigenvalue weighted by Gasteiger charge is -2.08. The maximum atomic E-state index is 13.2. The molecule has 5 nitrogen and oxygen atoms in total. The van der Waals surface area contributed by atoms with Crippen LogP contribution in [-0.4, -0.2) is 22.2 Å². The van der Waals surface area contributed by atoms with Crippen LogP contribution in [0.4, 0.5) is 10.2 Å². The van der Waals surface area contributed by atoms with Gasteiger partial charge in [0.1, 0.15) is 17.4 Å². The zero-order valence-corrected chi connectivity index (χ0v) is 9.72. The van der Waals surface area contributed by atoms with Crippen LogP contribution in [0.15, 0.2) is 24.4 Å². The van der Waals surface area contributed by atoms with Gasteiger partial charge in [-0.3, -0.25) is 0 Å². The van der Waals surface area contributed by atoms with E-state index in [-0.39, 0.29) is 18.2 Å². The van der Waals surface area contributed by atoms with E-state index in [0.29, 0.717) is 16.9 Å². The molecule has 0 unspecified atom stereocenters. The molecule has 1 heterocycles. The van der Waals surface area contributed by atoms with E-state index < -0.39 is 5.82 Å². The second kappa shape index (κ2) is 4.97. The Balaban J connectivity index is 2.54. The lowest BCUT2D eigenvalue weighted by Crippen LogP contribution is -2.02. The average Bonchev–Trinajstić information content (AvgIpc) is 2.38. The van der Waals surface area contributed by atoms with Gasteiger partial charge < -0.3 is 15.6 Å². The highest BCUT2D eigenvalue weighted by molar-refractivity contribution is 5.65. The first-order valence-corrected chi connectivity index (χ1v) is 5.22. The van der Waals surface area contributed by atoms with Crippen molar-refractivity contribution < 1.29 is 14.2 Å². The molecule has 3 N–H and O–H groups in total. The number of anilines is 1. The summed E-state index contributed by atoms with van der Waals surface area (Å²) in [6.45, 7) is -0.244. The maximum Gasteiger partial charge on any atom is 0.165 e. The first-order chi connectivity index (χ1) is 8.65. The topological polar surface area (TPSA) is 81.3 Å². The van der Waals surface area contributed by atoms with E-state index in [0.717, 1.165) is 0 Å². The van der Waals surface area contributed by atoms with Crippen LogP contribution in [-0.2, 0) is 6.61 Å². The van der Waals surface area contributed by atoms with Gasteiger partial charge in [0.2, 0.25) is 0 Å². The number of methoxy groups -OCH3 is 1. The van der Waals surface area contributed by atoms with E-state index in [1.54, 1.807) is 0 Å². The molecule has 2 aromatic rings. The van der Waals surface area contributed by atoms with Gasteiger partial charge in [-0.05, 0) is 18.2 Å². The minimum atomic E-state index is -0.417. The molecule has 0 saturated carbocycles. The summed E-state index contributed by atoms with van der Waals surface area (Å²) in [7, 11) is 1.47. The Bertz CT molecular complexity index is 575. The number of hydrogen-bond acceptors (Lipinski definition) is 5. The van der Waals surface area contributed by atoms with Gasteiger partial charge in [0, 0.05) is 11.8 Å². The van der Waals surface area contributed by atoms with Crippen molar-refractivity contribution in [1.29, 1.82) is 0 Å². The Morgan fingerprint density at radius 3 is 2.83 bits per heavy atom. The van der Waals surface area contributed by atoms with Crippen LogP contribution in [0.2, 0.25) is 0 Å². The van der Waals surface area contributed by atoms with Gasteiger partial charge >= 0.3 is 0 Å². The minimum absolute atomic E-state index is 0.161. The number of halogens is 1. The Hall–Kier alpha value is -2.21. The zero-order chi connectivity index (χ0) is 13.1. The van der Waals surface area contributed by atoms with Crippen molar-refractivity contribution in [3.8, 4) is 17.1 Å². The molecule has 2 rings (SSSR count). The summed E-state index contributed by atoms with van der Waals surface area (Å²) in [5.74, 6) is 0.446. The molecule has 0 aliphatic heterocycles. The fraction of sp³-hybridized carbons (Fsp3) is 0.167. The van der Waals surface area contributed by atoms with Crippen LogP contribution in [0.5, 0.6) is 5.75 Å². The lowest BCUT2D eigenvalue weighted by molar-refractivity contribution is 0.281. The van der Waals surface area contributed by atoms with Crippen LogP contribution in [0.25, 0.3) is 11.4 Å². The number of nitrogens with zero attached hydrogens (tertiary/aromatic N) is 2. The van der Waals surface area contributed by atoms with Crippen molar-refractivity contribution >= 4 is 5.82 Å². The molecule has 94 valence electrons. The van der Waals surface area contributed by atoms with Crippen LogP contribution in [0, 0.1) is 5.82 Å². The molecule has 6 heteroatoms. The minimum Gasteiger partial charge on any atom is -0.496 e. The van der Waals surface area contributed by atoms with Gasteiger partial charge in [0.15, 0.2) is 5.82 Å². The molecule has 0 aliphatic rings. The number of aliphatic hydroxyl groups excluding tert-OH is 1. The van der Waals surface area contributed by atoms with Gasteiger partial charge in [-0.15, -0.1) is 0 Å². The van der Waals surface area contributed by atoms with Gasteiger partial charge in [-0.2, -0.15) is 0 Å². The quantitative estimate of drug-likeness (QED) is 0.858. The SMILES string of the molecule is COc1ccc(F)cc1-c1ncc(CO)c(N)n1. The third-order valence-corrected chi connectivity index (χ3v) is 2.47. The number of aliphatic hydroxyl groups is 1. The van der Waals surface area contributed by atoms with Gasteiger partial charge in [0.25, 0.3) is 0 Å². The molecule has 0 radical (unpaired) electrons. The van der Waals surface area contributed by atoms with Crippen LogP contribution in [0.1, 0.15) is 5.56 Å². The van der Waals surface area contributed by atoms with Crippen molar-refractivity contribution in [3.63, 3.8) is 0 Å². The number of nitrogen functional groups attached to an aromatic ring is 1. The van der Waals surface area contributed by atoms with Gasteiger partial charge in [-0.1, -0.05) is 0 Å². The fourth-order valence-electron chi connectivity index (χ4n) is 1.53. The second-order valence-corrected chi connectivity index (χ2v) is 3.61. The Labute approximate surface area is 103 Å². The largest absolute Gasteiger partial charge is 0.496 e. The molecule has 0 fully saturated rings. The smallest absolute Gasteiger partial charge is 0.165 e. The first kappa shape index (κ1) is 12.3. The molecule has 1 aromatic heterocycles. The Kier molecular flexibility index (Phi) is 3.38. The number of benzene rings is 1. The van der Waals surface area contributed by atoms with Crippen molar-refractivity contribution in [1.82, 2.24) is 9.97 Å². The van der Waals surface area contributed by atoms with Gasteiger partial charge in [0.05, 0.1) is 19.3 Å². The second-order valence-electron chi connectivity index (χ2n) is 3.61. The van der Waals surface area contributed by atoms with Gasteiger partial charge in [-0.25, -0.2) is 14.4 Å². The van der Waals surface area contributed by atoms with E-state index in [1.165, 1.54) is 31.5 Å². The summed E-state index contributed by atoms with van der Waals surface area (Å²) in [4.78, 5) is 8.06. The summed E-state index contributed by atoms with van der Waals surface area (Å²) in [6.07, 6.45) is 1.40. The molecule has 0 saturated heterocycles. The molecular formula is C12H12FN3O2. The molecule has 1 aromatic carbocycles. The van der Waals surface area contributed by atoms with Crippen molar-refractivity contribution in [2.24, 2.45) is 0 Å². The normalized spacial score (nSPS) is 10.4. The summed E-state index contributed by atoms with van der Waals surface area (Å²) >= 11 is 0. The molecule has 0 bridgehead atoms. The molecule has 0 aliphatic carbocycles. The lowest BCUT2D eigenvalue weighted by atomic mass is 10.1. The first-order valence-electron chi connectivity index (χ1n) is 5.22. The molecule has 0 amide bonds. The van der Waals surface area contributed by atoms with Crippen molar-refractivity contribution in [2.45, 2.75) is 6.61 Å². The number of hydrogen-bond donors (Lipinski definition) is 2. The molecule has 0 atom stereocenters. The highest BCUT2D eigenvalue weighted by Gasteiger charge is 2.11. The van der Waals surface area contributed by atoms with Crippen LogP contribution >= 0.6 is 0 Å². The van der Waals surface area contributed by atoms with Crippen molar-refractivity contribution in [2.75, 3.05) is 12.8 Å².